The standard InChI is InChI=1S/C25H31N5/c1-4-15-29-17-21(28-18-29)12-16-30-22(24-19(2)8-6-13-26-24)10-5-11-23(30)25-20(3)9-7-14-27-25/h4,6-9,13-14,17-18,22-23H,1,5,10-12,15-16H2,2-3H3. The second kappa shape index (κ2) is 9.35. The summed E-state index contributed by atoms with van der Waals surface area (Å²) in [6.45, 7) is 9.90. The molecule has 1 fully saturated rings. The van der Waals surface area contributed by atoms with E-state index in [2.05, 4.69) is 53.2 Å². The van der Waals surface area contributed by atoms with Crippen LogP contribution in [0.3, 0.4) is 0 Å². The Balaban J connectivity index is 1.64. The van der Waals surface area contributed by atoms with E-state index in [0.29, 0.717) is 12.1 Å². The van der Waals surface area contributed by atoms with Gasteiger partial charge in [0.1, 0.15) is 0 Å². The molecule has 5 nitrogen and oxygen atoms in total. The number of imidazole rings is 1. The number of piperidine rings is 1. The molecule has 1 aliphatic rings. The normalized spacial score (nSPS) is 19.7. The molecule has 3 aromatic heterocycles. The van der Waals surface area contributed by atoms with E-state index in [4.69, 9.17) is 9.97 Å². The van der Waals surface area contributed by atoms with Gasteiger partial charge in [-0.1, -0.05) is 18.2 Å². The first-order valence-corrected chi connectivity index (χ1v) is 10.9. The first-order valence-electron chi connectivity index (χ1n) is 10.9. The molecule has 30 heavy (non-hydrogen) atoms. The van der Waals surface area contributed by atoms with Crippen molar-refractivity contribution in [3.05, 3.63) is 90.0 Å². The minimum atomic E-state index is 0.307. The Labute approximate surface area is 179 Å². The van der Waals surface area contributed by atoms with Gasteiger partial charge in [-0.3, -0.25) is 14.9 Å². The lowest BCUT2D eigenvalue weighted by atomic mass is 9.88. The van der Waals surface area contributed by atoms with Crippen LogP contribution < -0.4 is 0 Å². The number of hydrogen-bond acceptors (Lipinski definition) is 4. The Morgan fingerprint density at radius 2 is 1.63 bits per heavy atom. The number of nitrogens with zero attached hydrogens (tertiary/aromatic N) is 5. The maximum absolute atomic E-state index is 4.79. The van der Waals surface area contributed by atoms with Crippen molar-refractivity contribution in [2.75, 3.05) is 6.54 Å². The first-order chi connectivity index (χ1) is 14.7. The molecule has 0 bridgehead atoms. The fourth-order valence-electron chi connectivity index (χ4n) is 4.67. The van der Waals surface area contributed by atoms with Crippen molar-refractivity contribution >= 4 is 0 Å². The molecule has 0 spiro atoms. The molecule has 0 amide bonds. The van der Waals surface area contributed by atoms with Crippen molar-refractivity contribution in [3.8, 4) is 0 Å². The maximum Gasteiger partial charge on any atom is 0.0952 e. The Morgan fingerprint density at radius 1 is 1.00 bits per heavy atom. The summed E-state index contributed by atoms with van der Waals surface area (Å²) in [4.78, 5) is 16.8. The Bertz CT molecular complexity index is 939. The summed E-state index contributed by atoms with van der Waals surface area (Å²) in [5, 5.41) is 0. The zero-order chi connectivity index (χ0) is 20.9. The SMILES string of the molecule is C=CCn1cnc(CCN2C(c3ncccc3C)CCCC2c2ncccc2C)c1. The highest BCUT2D eigenvalue weighted by Gasteiger charge is 2.35. The highest BCUT2D eigenvalue weighted by molar-refractivity contribution is 5.26. The molecule has 0 aliphatic carbocycles. The molecule has 3 aromatic rings. The molecule has 0 N–H and O–H groups in total. The zero-order valence-electron chi connectivity index (χ0n) is 18.0. The van der Waals surface area contributed by atoms with Crippen molar-refractivity contribution in [3.63, 3.8) is 0 Å². The van der Waals surface area contributed by atoms with Crippen molar-refractivity contribution in [2.45, 2.75) is 58.2 Å². The van der Waals surface area contributed by atoms with Crippen LogP contribution in [0.1, 0.15) is 59.6 Å². The minimum Gasteiger partial charge on any atom is -0.333 e. The first kappa shape index (κ1) is 20.5. The van der Waals surface area contributed by atoms with Gasteiger partial charge in [0.2, 0.25) is 0 Å². The predicted octanol–water partition coefficient (Wildman–Crippen LogP) is 4.99. The number of likely N-dealkylation sites (tertiary alicyclic amines) is 1. The smallest absolute Gasteiger partial charge is 0.0952 e. The number of rotatable bonds is 7. The number of allylic oxidation sites excluding steroid dienone is 1. The van der Waals surface area contributed by atoms with Crippen molar-refractivity contribution < 1.29 is 0 Å². The van der Waals surface area contributed by atoms with Gasteiger partial charge >= 0.3 is 0 Å². The molecule has 0 aromatic carbocycles. The molecule has 2 unspecified atom stereocenters. The second-order valence-electron chi connectivity index (χ2n) is 8.21. The van der Waals surface area contributed by atoms with Gasteiger partial charge in [-0.25, -0.2) is 4.98 Å². The Kier molecular flexibility index (Phi) is 6.38. The fraction of sp³-hybridized carbons (Fsp3) is 0.400. The average molecular weight is 402 g/mol. The van der Waals surface area contributed by atoms with E-state index in [1.54, 1.807) is 0 Å². The van der Waals surface area contributed by atoms with Crippen LogP contribution in [0.2, 0.25) is 0 Å². The van der Waals surface area contributed by atoms with Crippen LogP contribution in [0.4, 0.5) is 0 Å². The summed E-state index contributed by atoms with van der Waals surface area (Å²) in [6.07, 6.45) is 14.1. The summed E-state index contributed by atoms with van der Waals surface area (Å²) < 4.78 is 2.08. The van der Waals surface area contributed by atoms with Crippen LogP contribution in [0, 0.1) is 13.8 Å². The fourth-order valence-corrected chi connectivity index (χ4v) is 4.67. The van der Waals surface area contributed by atoms with Gasteiger partial charge in [-0.2, -0.15) is 0 Å². The maximum atomic E-state index is 4.79. The summed E-state index contributed by atoms with van der Waals surface area (Å²) in [5.74, 6) is 0. The van der Waals surface area contributed by atoms with Crippen LogP contribution in [-0.4, -0.2) is 31.0 Å². The van der Waals surface area contributed by atoms with Gasteiger partial charge in [0, 0.05) is 38.1 Å². The summed E-state index contributed by atoms with van der Waals surface area (Å²) in [6, 6.07) is 9.01. The van der Waals surface area contributed by atoms with E-state index in [-0.39, 0.29) is 0 Å². The van der Waals surface area contributed by atoms with Gasteiger partial charge < -0.3 is 4.57 Å². The van der Waals surface area contributed by atoms with E-state index >= 15 is 0 Å². The molecular formula is C25H31N5. The van der Waals surface area contributed by atoms with E-state index in [0.717, 1.165) is 38.0 Å². The van der Waals surface area contributed by atoms with Gasteiger partial charge in [-0.05, 0) is 56.4 Å². The molecule has 0 radical (unpaired) electrons. The van der Waals surface area contributed by atoms with Crippen LogP contribution in [0.15, 0.2) is 61.8 Å². The van der Waals surface area contributed by atoms with E-state index < -0.39 is 0 Å². The molecule has 156 valence electrons. The summed E-state index contributed by atoms with van der Waals surface area (Å²) >= 11 is 0. The minimum absolute atomic E-state index is 0.307. The monoisotopic (exact) mass is 401 g/mol. The molecule has 0 saturated carbocycles. The van der Waals surface area contributed by atoms with Crippen LogP contribution in [-0.2, 0) is 13.0 Å². The van der Waals surface area contributed by atoms with Gasteiger partial charge in [-0.15, -0.1) is 6.58 Å². The van der Waals surface area contributed by atoms with Crippen molar-refractivity contribution in [2.24, 2.45) is 0 Å². The number of aromatic nitrogens is 4. The molecule has 4 heterocycles. The number of aryl methyl sites for hydroxylation is 2. The van der Waals surface area contributed by atoms with Gasteiger partial charge in [0.25, 0.3) is 0 Å². The van der Waals surface area contributed by atoms with E-state index in [9.17, 15) is 0 Å². The van der Waals surface area contributed by atoms with E-state index in [1.807, 2.05) is 36.9 Å². The Morgan fingerprint density at radius 3 is 2.20 bits per heavy atom. The average Bonchev–Trinajstić information content (AvgIpc) is 3.21. The quantitative estimate of drug-likeness (QED) is 0.524. The highest BCUT2D eigenvalue weighted by Crippen LogP contribution is 2.42. The van der Waals surface area contributed by atoms with Crippen molar-refractivity contribution in [1.29, 1.82) is 0 Å². The zero-order valence-corrected chi connectivity index (χ0v) is 18.0. The lowest BCUT2D eigenvalue weighted by Crippen LogP contribution is -2.39. The van der Waals surface area contributed by atoms with Crippen LogP contribution >= 0.6 is 0 Å². The van der Waals surface area contributed by atoms with Crippen molar-refractivity contribution in [1.82, 2.24) is 24.4 Å². The number of hydrogen-bond donors (Lipinski definition) is 0. The molecular weight excluding hydrogens is 370 g/mol. The third-order valence-electron chi connectivity index (χ3n) is 6.14. The third kappa shape index (κ3) is 4.36. The lowest BCUT2D eigenvalue weighted by Gasteiger charge is -2.42. The molecule has 5 heteroatoms. The number of pyridine rings is 2. The largest absolute Gasteiger partial charge is 0.333 e. The summed E-state index contributed by atoms with van der Waals surface area (Å²) in [5.41, 5.74) is 6.05. The van der Waals surface area contributed by atoms with Crippen LogP contribution in [0.5, 0.6) is 0 Å². The van der Waals surface area contributed by atoms with Gasteiger partial charge in [0.05, 0.1) is 35.5 Å². The highest BCUT2D eigenvalue weighted by atomic mass is 15.2. The summed E-state index contributed by atoms with van der Waals surface area (Å²) in [7, 11) is 0. The van der Waals surface area contributed by atoms with E-state index in [1.165, 1.54) is 28.9 Å². The topological polar surface area (TPSA) is 46.8 Å². The van der Waals surface area contributed by atoms with Gasteiger partial charge in [0.15, 0.2) is 0 Å². The molecule has 1 aliphatic heterocycles. The molecule has 4 rings (SSSR count). The molecule has 1 saturated heterocycles. The predicted molar refractivity (Wildman–Crippen MR) is 120 cm³/mol. The third-order valence-corrected chi connectivity index (χ3v) is 6.14. The second-order valence-corrected chi connectivity index (χ2v) is 8.21. The Hall–Kier alpha value is -2.79. The molecule has 2 atom stereocenters. The lowest BCUT2D eigenvalue weighted by molar-refractivity contribution is 0.0772. The van der Waals surface area contributed by atoms with Crippen LogP contribution in [0.25, 0.3) is 0 Å².